The van der Waals surface area contributed by atoms with Crippen molar-refractivity contribution in [2.75, 3.05) is 6.61 Å². The molecular weight excluding hydrogens is 713 g/mol. The molecule has 1 saturated heterocycles. The summed E-state index contributed by atoms with van der Waals surface area (Å²) in [6.07, 6.45) is -5.76. The lowest BCUT2D eigenvalue weighted by Gasteiger charge is -2.26. The van der Waals surface area contributed by atoms with Crippen molar-refractivity contribution >= 4 is 24.2 Å². The second-order valence-electron chi connectivity index (χ2n) is 12.9. The smallest absolute Gasteiger partial charge is 0.456 e. The summed E-state index contributed by atoms with van der Waals surface area (Å²) >= 11 is 0. The van der Waals surface area contributed by atoms with Crippen LogP contribution in [0.1, 0.15) is 48.5 Å². The van der Waals surface area contributed by atoms with Gasteiger partial charge in [0.25, 0.3) is 11.4 Å². The summed E-state index contributed by atoms with van der Waals surface area (Å²) in [4.78, 5) is 81.9. The molecule has 2 aromatic carbocycles. The fourth-order valence-electron chi connectivity index (χ4n) is 4.97. The summed E-state index contributed by atoms with van der Waals surface area (Å²) < 4.78 is 55.6. The van der Waals surface area contributed by atoms with Gasteiger partial charge in [-0.3, -0.25) is 19.1 Å². The molecule has 4 atom stereocenters. The zero-order chi connectivity index (χ0) is 38.9. The minimum atomic E-state index is -3.34. The number of alkyl halides is 1. The Bertz CT molecular complexity index is 2050. The lowest BCUT2D eigenvalue weighted by atomic mass is 9.98. The van der Waals surface area contributed by atoms with Gasteiger partial charge < -0.3 is 33.2 Å². The third-order valence-electron chi connectivity index (χ3n) is 7.78. The number of hydrogen-bond donors (Lipinski definition) is 0. The predicted octanol–water partition coefficient (Wildman–Crippen LogP) is 4.45. The van der Waals surface area contributed by atoms with Gasteiger partial charge in [0.1, 0.15) is 13.2 Å². The van der Waals surface area contributed by atoms with Crippen LogP contribution in [0.2, 0.25) is 0 Å². The van der Waals surface area contributed by atoms with Crippen molar-refractivity contribution in [1.29, 1.82) is 0 Å². The number of pyridine rings is 1. The quantitative estimate of drug-likeness (QED) is 0.146. The summed E-state index contributed by atoms with van der Waals surface area (Å²) in [5.74, 6) is -5.13. The molecule has 4 aromatic rings. The number of aromatic nitrogens is 3. The van der Waals surface area contributed by atoms with Gasteiger partial charge in [-0.05, 0) is 44.0 Å². The fraction of sp³-hybridized carbons (Fsp3) is 0.324. The topological polar surface area (TPSA) is 190 Å². The number of ether oxygens (including phenoxy) is 7. The molecule has 0 bridgehead atoms. The highest BCUT2D eigenvalue weighted by Crippen LogP contribution is 2.42. The van der Waals surface area contributed by atoms with E-state index in [9.17, 15) is 28.8 Å². The van der Waals surface area contributed by atoms with Crippen LogP contribution in [-0.4, -0.2) is 63.0 Å². The lowest BCUT2D eigenvalue weighted by Crippen LogP contribution is -2.48. The first-order valence-corrected chi connectivity index (χ1v) is 16.4. The Morgan fingerprint density at radius 1 is 0.815 bits per heavy atom. The Morgan fingerprint density at radius 3 is 2.00 bits per heavy atom. The largest absolute Gasteiger partial charge is 0.509 e. The maximum absolute atomic E-state index is 17.2. The molecule has 1 aliphatic heterocycles. The second-order valence-corrected chi connectivity index (χ2v) is 12.9. The molecule has 0 aliphatic carbocycles. The Hall–Kier alpha value is -6.36. The molecule has 3 heterocycles. The van der Waals surface area contributed by atoms with E-state index in [-0.39, 0.29) is 18.8 Å². The van der Waals surface area contributed by atoms with Crippen molar-refractivity contribution in [2.45, 2.75) is 65.0 Å². The molecule has 0 radical (unpaired) electrons. The van der Waals surface area contributed by atoms with Gasteiger partial charge in [0.2, 0.25) is 6.10 Å². The highest BCUT2D eigenvalue weighted by molar-refractivity contribution is 5.88. The van der Waals surface area contributed by atoms with Gasteiger partial charge in [-0.1, -0.05) is 60.7 Å². The maximum atomic E-state index is 17.2. The van der Waals surface area contributed by atoms with Crippen LogP contribution in [0.3, 0.4) is 0 Å². The molecule has 1 fully saturated rings. The molecule has 16 nitrogen and oxygen atoms in total. The van der Waals surface area contributed by atoms with Crippen molar-refractivity contribution < 1.29 is 56.7 Å². The molecule has 2 aromatic heterocycles. The van der Waals surface area contributed by atoms with Gasteiger partial charge in [0.15, 0.2) is 25.7 Å². The van der Waals surface area contributed by atoms with E-state index < -0.39 is 78.5 Å². The van der Waals surface area contributed by atoms with Gasteiger partial charge in [0, 0.05) is 24.7 Å². The molecule has 0 spiro atoms. The summed E-state index contributed by atoms with van der Waals surface area (Å²) in [6, 6.07) is 20.5. The summed E-state index contributed by atoms with van der Waals surface area (Å²) in [6.45, 7) is 1.94. The standard InChI is InChI=1S/C37H36FN3O13/c1-36(2,3)32(44)51-23-41-27(42)16-18-40(33(41)45)30-28(52-34(46)48-20-24-11-6-4-7-12-24)29(53-35(47)49-21-25-13-8-5-9-14-25)37(38,54-30)22-50-31(43)26-15-10-17-39-19-26/h4-19,28-30H,20-23H2,1-3H3/t28-,29+,30-,37-/m1/s1. The Morgan fingerprint density at radius 2 is 1.43 bits per heavy atom. The minimum Gasteiger partial charge on any atom is -0.456 e. The molecular formula is C37H36FN3O13. The number of halogens is 1. The molecule has 0 N–H and O–H groups in total. The number of carbonyl (C=O) groups excluding carboxylic acids is 4. The van der Waals surface area contributed by atoms with Gasteiger partial charge >= 0.3 is 29.9 Å². The van der Waals surface area contributed by atoms with Crippen molar-refractivity contribution in [2.24, 2.45) is 5.41 Å². The first-order valence-electron chi connectivity index (χ1n) is 16.4. The van der Waals surface area contributed by atoms with E-state index in [0.717, 1.165) is 18.5 Å². The van der Waals surface area contributed by atoms with E-state index >= 15 is 4.39 Å². The van der Waals surface area contributed by atoms with Gasteiger partial charge in [-0.25, -0.2) is 28.1 Å². The Labute approximate surface area is 306 Å². The van der Waals surface area contributed by atoms with Crippen LogP contribution in [-0.2, 0) is 57.9 Å². The third kappa shape index (κ3) is 9.74. The number of benzene rings is 2. The number of carbonyl (C=O) groups is 4. The molecule has 284 valence electrons. The highest BCUT2D eigenvalue weighted by atomic mass is 19.2. The van der Waals surface area contributed by atoms with Gasteiger partial charge in [0.05, 0.1) is 11.0 Å². The maximum Gasteiger partial charge on any atom is 0.509 e. The molecule has 1 aliphatic rings. The van der Waals surface area contributed by atoms with Crippen LogP contribution in [0.4, 0.5) is 14.0 Å². The average Bonchev–Trinajstić information content (AvgIpc) is 3.42. The van der Waals surface area contributed by atoms with E-state index in [2.05, 4.69) is 4.98 Å². The molecule has 54 heavy (non-hydrogen) atoms. The average molecular weight is 750 g/mol. The van der Waals surface area contributed by atoms with Crippen LogP contribution in [0.5, 0.6) is 0 Å². The first kappa shape index (κ1) is 38.9. The van der Waals surface area contributed by atoms with Crippen molar-refractivity contribution in [1.82, 2.24) is 14.1 Å². The predicted molar refractivity (Wildman–Crippen MR) is 182 cm³/mol. The highest BCUT2D eigenvalue weighted by Gasteiger charge is 2.63. The minimum absolute atomic E-state index is 0.0687. The number of hydrogen-bond acceptors (Lipinski definition) is 14. The molecule has 17 heteroatoms. The van der Waals surface area contributed by atoms with Crippen LogP contribution in [0.25, 0.3) is 0 Å². The van der Waals surface area contributed by atoms with Crippen molar-refractivity contribution in [3.8, 4) is 0 Å². The SMILES string of the molecule is CC(C)(C)C(=O)OCn1c(=O)ccn([C@@H]2O[C@](F)(COC(=O)c3cccnc3)[C@@H](OC(=O)OCc3ccccc3)[C@H]2OC(=O)OCc2ccccc2)c1=O. The van der Waals surface area contributed by atoms with Gasteiger partial charge in [-0.15, -0.1) is 0 Å². The third-order valence-corrected chi connectivity index (χ3v) is 7.78. The van der Waals surface area contributed by atoms with Crippen LogP contribution in [0, 0.1) is 5.41 Å². The number of rotatable bonds is 12. The van der Waals surface area contributed by atoms with Crippen LogP contribution >= 0.6 is 0 Å². The van der Waals surface area contributed by atoms with Crippen molar-refractivity contribution in [3.05, 3.63) is 135 Å². The summed E-state index contributed by atoms with van der Waals surface area (Å²) in [5, 5.41) is 0. The van der Waals surface area contributed by atoms with Crippen molar-refractivity contribution in [3.63, 3.8) is 0 Å². The molecule has 0 amide bonds. The molecule has 0 saturated carbocycles. The normalized spacial score (nSPS) is 19.3. The van der Waals surface area contributed by atoms with E-state index in [0.29, 0.717) is 20.3 Å². The Kier molecular flexibility index (Phi) is 12.2. The van der Waals surface area contributed by atoms with Crippen LogP contribution < -0.4 is 11.2 Å². The first-order chi connectivity index (χ1) is 25.7. The van der Waals surface area contributed by atoms with Gasteiger partial charge in [-0.2, -0.15) is 0 Å². The monoisotopic (exact) mass is 749 g/mol. The van der Waals surface area contributed by atoms with E-state index in [1.807, 2.05) is 0 Å². The fourth-order valence-corrected chi connectivity index (χ4v) is 4.97. The number of esters is 2. The number of nitrogens with zero attached hydrogens (tertiary/aromatic N) is 3. The van der Waals surface area contributed by atoms with Crippen LogP contribution in [0.15, 0.2) is 107 Å². The lowest BCUT2D eigenvalue weighted by molar-refractivity contribution is -0.210. The Balaban J connectivity index is 1.50. The zero-order valence-corrected chi connectivity index (χ0v) is 29.3. The zero-order valence-electron chi connectivity index (χ0n) is 29.3. The summed E-state index contributed by atoms with van der Waals surface area (Å²) in [7, 11) is 0. The molecule has 0 unspecified atom stereocenters. The summed E-state index contributed by atoms with van der Waals surface area (Å²) in [5.41, 5.74) is -2.08. The van der Waals surface area contributed by atoms with E-state index in [4.69, 9.17) is 33.2 Å². The second kappa shape index (κ2) is 17.0. The van der Waals surface area contributed by atoms with E-state index in [1.165, 1.54) is 18.3 Å². The van der Waals surface area contributed by atoms with E-state index in [1.54, 1.807) is 81.4 Å². The molecule has 5 rings (SSSR count).